The second-order valence-corrected chi connectivity index (χ2v) is 5.05. The molecule has 5 nitrogen and oxygen atoms in total. The van der Waals surface area contributed by atoms with Crippen LogP contribution in [0.2, 0.25) is 0 Å². The third kappa shape index (κ3) is 6.15. The van der Waals surface area contributed by atoms with E-state index in [1.54, 1.807) is 23.9 Å². The highest BCUT2D eigenvalue weighted by Crippen LogP contribution is 2.17. The van der Waals surface area contributed by atoms with Gasteiger partial charge in [0.1, 0.15) is 0 Å². The summed E-state index contributed by atoms with van der Waals surface area (Å²) in [5.74, 6) is 1.01. The average molecular weight is 282 g/mol. The van der Waals surface area contributed by atoms with Crippen molar-refractivity contribution in [2.45, 2.75) is 12.8 Å². The van der Waals surface area contributed by atoms with Gasteiger partial charge in [-0.25, -0.2) is 0 Å². The molecule has 1 aromatic rings. The maximum absolute atomic E-state index is 11.6. The Hall–Kier alpha value is -1.69. The summed E-state index contributed by atoms with van der Waals surface area (Å²) in [4.78, 5) is 22.5. The quantitative estimate of drug-likeness (QED) is 0.453. The lowest BCUT2D eigenvalue weighted by Gasteiger charge is -2.07. The Labute approximate surface area is 116 Å². The first-order valence-corrected chi connectivity index (χ1v) is 7.08. The van der Waals surface area contributed by atoms with Gasteiger partial charge < -0.3 is 15.8 Å². The largest absolute Gasteiger partial charge is 0.469 e. The van der Waals surface area contributed by atoms with Gasteiger partial charge in [-0.2, -0.15) is 11.8 Å². The van der Waals surface area contributed by atoms with Crippen LogP contribution in [0.1, 0.15) is 12.8 Å². The summed E-state index contributed by atoms with van der Waals surface area (Å²) in [6.07, 6.45) is 0.759. The molecule has 1 aromatic carbocycles. The zero-order valence-electron chi connectivity index (χ0n) is 10.8. The Morgan fingerprint density at radius 2 is 1.95 bits per heavy atom. The summed E-state index contributed by atoms with van der Waals surface area (Å²) in [5, 5.41) is 2.75. The number of esters is 1. The normalized spacial score (nSPS) is 9.95. The van der Waals surface area contributed by atoms with Crippen LogP contribution in [0.5, 0.6) is 0 Å². The minimum atomic E-state index is -0.228. The number of hydrogen-bond acceptors (Lipinski definition) is 5. The first-order chi connectivity index (χ1) is 9.13. The number of anilines is 2. The van der Waals surface area contributed by atoms with Crippen LogP contribution in [0.4, 0.5) is 11.4 Å². The van der Waals surface area contributed by atoms with Gasteiger partial charge in [0.25, 0.3) is 0 Å². The summed E-state index contributed by atoms with van der Waals surface area (Å²) in [7, 11) is 1.37. The molecule has 6 heteroatoms. The van der Waals surface area contributed by atoms with Crippen LogP contribution in [0.25, 0.3) is 0 Å². The van der Waals surface area contributed by atoms with Gasteiger partial charge in [-0.1, -0.05) is 12.1 Å². The maximum atomic E-state index is 11.6. The molecule has 104 valence electrons. The van der Waals surface area contributed by atoms with Crippen molar-refractivity contribution in [2.24, 2.45) is 0 Å². The number of nitrogens with two attached hydrogens (primary N) is 1. The second kappa shape index (κ2) is 8.42. The minimum absolute atomic E-state index is 0.0801. The van der Waals surface area contributed by atoms with Gasteiger partial charge in [0.2, 0.25) is 5.91 Å². The molecular weight excluding hydrogens is 264 g/mol. The second-order valence-electron chi connectivity index (χ2n) is 3.82. The lowest BCUT2D eigenvalue weighted by molar-refractivity contribution is -0.140. The molecule has 0 saturated carbocycles. The summed E-state index contributed by atoms with van der Waals surface area (Å²) >= 11 is 1.55. The fourth-order valence-electron chi connectivity index (χ4n) is 1.35. The Bertz CT molecular complexity index is 438. The van der Waals surface area contributed by atoms with Crippen LogP contribution < -0.4 is 11.1 Å². The number of para-hydroxylation sites is 2. The van der Waals surface area contributed by atoms with Crippen LogP contribution in [-0.2, 0) is 14.3 Å². The number of benzene rings is 1. The lowest BCUT2D eigenvalue weighted by atomic mass is 10.2. The van der Waals surface area contributed by atoms with Crippen LogP contribution in [0.3, 0.4) is 0 Å². The first kappa shape index (κ1) is 15.4. The number of rotatable bonds is 7. The third-order valence-corrected chi connectivity index (χ3v) is 3.37. The van der Waals surface area contributed by atoms with Gasteiger partial charge in [-0.3, -0.25) is 9.59 Å². The molecule has 0 saturated heterocycles. The van der Waals surface area contributed by atoms with Crippen molar-refractivity contribution in [1.82, 2.24) is 0 Å². The van der Waals surface area contributed by atoms with Crippen molar-refractivity contribution in [3.63, 3.8) is 0 Å². The molecule has 1 rings (SSSR count). The molecule has 0 radical (unpaired) electrons. The summed E-state index contributed by atoms with van der Waals surface area (Å²) in [6, 6.07) is 7.13. The van der Waals surface area contributed by atoms with E-state index in [-0.39, 0.29) is 11.9 Å². The van der Waals surface area contributed by atoms with Crippen molar-refractivity contribution < 1.29 is 14.3 Å². The van der Waals surface area contributed by atoms with E-state index in [1.807, 2.05) is 12.1 Å². The molecule has 0 aliphatic heterocycles. The van der Waals surface area contributed by atoms with Crippen molar-refractivity contribution >= 4 is 35.0 Å². The van der Waals surface area contributed by atoms with Gasteiger partial charge in [0.15, 0.2) is 0 Å². The van der Waals surface area contributed by atoms with Crippen LogP contribution in [-0.4, -0.2) is 30.5 Å². The Morgan fingerprint density at radius 1 is 1.26 bits per heavy atom. The number of hydrogen-bond donors (Lipinski definition) is 2. The lowest BCUT2D eigenvalue weighted by Crippen LogP contribution is -2.13. The van der Waals surface area contributed by atoms with Crippen molar-refractivity contribution in [2.75, 3.05) is 29.7 Å². The molecule has 0 fully saturated rings. The zero-order valence-corrected chi connectivity index (χ0v) is 11.7. The van der Waals surface area contributed by atoms with E-state index in [0.717, 1.165) is 0 Å². The Morgan fingerprint density at radius 3 is 2.63 bits per heavy atom. The number of methoxy groups -OCH3 is 1. The summed E-state index contributed by atoms with van der Waals surface area (Å²) in [6.45, 7) is 0. The number of carbonyl (C=O) groups excluding carboxylic acids is 2. The monoisotopic (exact) mass is 282 g/mol. The number of carbonyl (C=O) groups is 2. The van der Waals surface area contributed by atoms with E-state index in [4.69, 9.17) is 5.73 Å². The first-order valence-electron chi connectivity index (χ1n) is 5.92. The highest BCUT2D eigenvalue weighted by Gasteiger charge is 2.05. The van der Waals surface area contributed by atoms with Crippen LogP contribution >= 0.6 is 11.8 Å². The molecule has 0 aliphatic carbocycles. The van der Waals surface area contributed by atoms with E-state index < -0.39 is 0 Å². The van der Waals surface area contributed by atoms with Gasteiger partial charge in [0.05, 0.1) is 24.9 Å². The molecular formula is C13H18N2O3S. The van der Waals surface area contributed by atoms with Gasteiger partial charge in [0, 0.05) is 17.9 Å². The third-order valence-electron chi connectivity index (χ3n) is 2.39. The molecule has 0 heterocycles. The number of nitrogen functional groups attached to an aromatic ring is 1. The molecule has 1 amide bonds. The van der Waals surface area contributed by atoms with Crippen molar-refractivity contribution in [3.05, 3.63) is 24.3 Å². The van der Waals surface area contributed by atoms with E-state index in [0.29, 0.717) is 35.7 Å². The van der Waals surface area contributed by atoms with Crippen molar-refractivity contribution in [1.29, 1.82) is 0 Å². The zero-order chi connectivity index (χ0) is 14.1. The number of ether oxygens (including phenoxy) is 1. The van der Waals surface area contributed by atoms with E-state index >= 15 is 0 Å². The highest BCUT2D eigenvalue weighted by molar-refractivity contribution is 7.99. The van der Waals surface area contributed by atoms with Crippen molar-refractivity contribution in [3.8, 4) is 0 Å². The van der Waals surface area contributed by atoms with E-state index in [1.165, 1.54) is 7.11 Å². The maximum Gasteiger partial charge on any atom is 0.306 e. The summed E-state index contributed by atoms with van der Waals surface area (Å²) in [5.41, 5.74) is 6.90. The number of amides is 1. The SMILES string of the molecule is COC(=O)CCSCCC(=O)Nc1ccccc1N. The average Bonchev–Trinajstić information content (AvgIpc) is 2.40. The Balaban J connectivity index is 2.18. The molecule has 0 atom stereocenters. The minimum Gasteiger partial charge on any atom is -0.469 e. The standard InChI is InChI=1S/C13H18N2O3S/c1-18-13(17)7-9-19-8-6-12(16)15-11-5-3-2-4-10(11)14/h2-5H,6-9,14H2,1H3,(H,15,16). The smallest absolute Gasteiger partial charge is 0.306 e. The van der Waals surface area contributed by atoms with Gasteiger partial charge in [-0.05, 0) is 12.1 Å². The van der Waals surface area contributed by atoms with Gasteiger partial charge >= 0.3 is 5.97 Å². The molecule has 19 heavy (non-hydrogen) atoms. The fraction of sp³-hybridized carbons (Fsp3) is 0.385. The summed E-state index contributed by atoms with van der Waals surface area (Å²) < 4.78 is 4.52. The number of nitrogens with one attached hydrogen (secondary N) is 1. The number of thioether (sulfide) groups is 1. The highest BCUT2D eigenvalue weighted by atomic mass is 32.2. The predicted octanol–water partition coefficient (Wildman–Crippen LogP) is 1.89. The molecule has 0 aromatic heterocycles. The van der Waals surface area contributed by atoms with Crippen LogP contribution in [0, 0.1) is 0 Å². The molecule has 3 N–H and O–H groups in total. The van der Waals surface area contributed by atoms with Crippen LogP contribution in [0.15, 0.2) is 24.3 Å². The topological polar surface area (TPSA) is 81.4 Å². The predicted molar refractivity (Wildman–Crippen MR) is 78.1 cm³/mol. The Kier molecular flexibility index (Phi) is 6.81. The molecule has 0 bridgehead atoms. The van der Waals surface area contributed by atoms with E-state index in [9.17, 15) is 9.59 Å². The molecule has 0 aliphatic rings. The molecule has 0 unspecified atom stereocenters. The molecule has 0 spiro atoms. The fourth-order valence-corrected chi connectivity index (χ4v) is 2.19. The van der Waals surface area contributed by atoms with Gasteiger partial charge in [-0.15, -0.1) is 0 Å². The van der Waals surface area contributed by atoms with E-state index in [2.05, 4.69) is 10.1 Å².